The van der Waals surface area contributed by atoms with Gasteiger partial charge in [0.25, 0.3) is 0 Å². The molecule has 0 aliphatic carbocycles. The molecule has 1 unspecified atom stereocenters. The Hall–Kier alpha value is 0.0600. The lowest BCUT2D eigenvalue weighted by molar-refractivity contribution is -0.137. The van der Waals surface area contributed by atoms with E-state index in [4.69, 9.17) is 9.47 Å². The number of hydrogen-bond donors (Lipinski definition) is 1. The molecule has 1 atom stereocenters. The van der Waals surface area contributed by atoms with Crippen LogP contribution in [0.1, 0.15) is 11.3 Å². The Morgan fingerprint density at radius 1 is 1.50 bits per heavy atom. The Labute approximate surface area is 108 Å². The standard InChI is InChI=1S/C11H16BrNO2S/c12-11-2-1-10(16-11)3-5-13-7-9-4-6-14-8-15-9/h1-2,9,13H,3-8H2. The number of rotatable bonds is 5. The van der Waals surface area contributed by atoms with Crippen LogP contribution in [0.25, 0.3) is 0 Å². The van der Waals surface area contributed by atoms with Crippen LogP contribution < -0.4 is 5.32 Å². The molecule has 2 rings (SSSR count). The summed E-state index contributed by atoms with van der Waals surface area (Å²) in [6.07, 6.45) is 2.40. The normalized spacial score (nSPS) is 21.2. The van der Waals surface area contributed by atoms with Gasteiger partial charge in [-0.3, -0.25) is 0 Å². The van der Waals surface area contributed by atoms with E-state index in [2.05, 4.69) is 33.4 Å². The molecule has 1 fully saturated rings. The van der Waals surface area contributed by atoms with Crippen LogP contribution in [0.15, 0.2) is 15.9 Å². The van der Waals surface area contributed by atoms with E-state index in [1.165, 1.54) is 8.66 Å². The monoisotopic (exact) mass is 305 g/mol. The summed E-state index contributed by atoms with van der Waals surface area (Å²) >= 11 is 5.27. The number of hydrogen-bond acceptors (Lipinski definition) is 4. The van der Waals surface area contributed by atoms with Crippen molar-refractivity contribution in [3.63, 3.8) is 0 Å². The lowest BCUT2D eigenvalue weighted by atomic mass is 10.2. The second-order valence-corrected chi connectivity index (χ2v) is 6.31. The summed E-state index contributed by atoms with van der Waals surface area (Å²) in [7, 11) is 0. The van der Waals surface area contributed by atoms with E-state index >= 15 is 0 Å². The van der Waals surface area contributed by atoms with Gasteiger partial charge in [-0.05, 0) is 40.9 Å². The lowest BCUT2D eigenvalue weighted by Gasteiger charge is -2.22. The molecule has 90 valence electrons. The second kappa shape index (κ2) is 6.71. The smallest absolute Gasteiger partial charge is 0.147 e. The molecule has 1 aromatic rings. The van der Waals surface area contributed by atoms with Crippen molar-refractivity contribution in [1.29, 1.82) is 0 Å². The second-order valence-electron chi connectivity index (χ2n) is 3.76. The van der Waals surface area contributed by atoms with Crippen molar-refractivity contribution in [2.45, 2.75) is 18.9 Å². The van der Waals surface area contributed by atoms with Crippen LogP contribution in [0.3, 0.4) is 0 Å². The Balaban J connectivity index is 1.57. The SMILES string of the molecule is Brc1ccc(CCNCC2CCOCO2)s1. The molecule has 1 N–H and O–H groups in total. The molecule has 0 bridgehead atoms. The first kappa shape index (κ1) is 12.5. The Morgan fingerprint density at radius 3 is 3.12 bits per heavy atom. The molecule has 0 aromatic carbocycles. The third-order valence-corrected chi connectivity index (χ3v) is 4.20. The van der Waals surface area contributed by atoms with E-state index in [9.17, 15) is 0 Å². The summed E-state index contributed by atoms with van der Waals surface area (Å²) in [6, 6.07) is 4.27. The van der Waals surface area contributed by atoms with Crippen LogP contribution in [0.2, 0.25) is 0 Å². The van der Waals surface area contributed by atoms with Gasteiger partial charge in [0, 0.05) is 18.0 Å². The maximum Gasteiger partial charge on any atom is 0.147 e. The van der Waals surface area contributed by atoms with Crippen LogP contribution in [-0.2, 0) is 15.9 Å². The molecule has 3 nitrogen and oxygen atoms in total. The molecule has 5 heteroatoms. The molecule has 2 heterocycles. The van der Waals surface area contributed by atoms with Gasteiger partial charge < -0.3 is 14.8 Å². The van der Waals surface area contributed by atoms with Crippen molar-refractivity contribution < 1.29 is 9.47 Å². The van der Waals surface area contributed by atoms with E-state index in [1.807, 2.05) is 0 Å². The van der Waals surface area contributed by atoms with Crippen molar-refractivity contribution in [1.82, 2.24) is 5.32 Å². The fourth-order valence-electron chi connectivity index (χ4n) is 1.62. The highest BCUT2D eigenvalue weighted by Crippen LogP contribution is 2.22. The quantitative estimate of drug-likeness (QED) is 0.848. The molecular formula is C11H16BrNO2S. The molecule has 1 aliphatic heterocycles. The average molecular weight is 306 g/mol. The Morgan fingerprint density at radius 2 is 2.44 bits per heavy atom. The topological polar surface area (TPSA) is 30.5 Å². The summed E-state index contributed by atoms with van der Waals surface area (Å²) in [5, 5.41) is 3.42. The first-order chi connectivity index (χ1) is 7.84. The highest BCUT2D eigenvalue weighted by molar-refractivity contribution is 9.11. The summed E-state index contributed by atoms with van der Waals surface area (Å²) in [5.74, 6) is 0. The average Bonchev–Trinajstić information content (AvgIpc) is 2.72. The summed E-state index contributed by atoms with van der Waals surface area (Å²) in [4.78, 5) is 1.41. The van der Waals surface area contributed by atoms with Gasteiger partial charge >= 0.3 is 0 Å². The Kier molecular flexibility index (Phi) is 5.25. The van der Waals surface area contributed by atoms with Crippen LogP contribution in [-0.4, -0.2) is 32.6 Å². The van der Waals surface area contributed by atoms with Crippen LogP contribution >= 0.6 is 27.3 Å². The number of nitrogens with one attached hydrogen (secondary N) is 1. The first-order valence-corrected chi connectivity index (χ1v) is 7.10. The van der Waals surface area contributed by atoms with E-state index < -0.39 is 0 Å². The fraction of sp³-hybridized carbons (Fsp3) is 0.636. The summed E-state index contributed by atoms with van der Waals surface area (Å²) in [5.41, 5.74) is 0. The highest BCUT2D eigenvalue weighted by Gasteiger charge is 2.12. The van der Waals surface area contributed by atoms with Gasteiger partial charge in [-0.25, -0.2) is 0 Å². The molecule has 0 spiro atoms. The van der Waals surface area contributed by atoms with Gasteiger partial charge in [-0.15, -0.1) is 11.3 Å². The zero-order valence-corrected chi connectivity index (χ0v) is 11.5. The number of ether oxygens (including phenoxy) is 2. The van der Waals surface area contributed by atoms with Crippen molar-refractivity contribution in [3.05, 3.63) is 20.8 Å². The maximum absolute atomic E-state index is 5.44. The third kappa shape index (κ3) is 4.14. The first-order valence-electron chi connectivity index (χ1n) is 5.49. The van der Waals surface area contributed by atoms with E-state index in [0.29, 0.717) is 12.9 Å². The van der Waals surface area contributed by atoms with Crippen LogP contribution in [0.5, 0.6) is 0 Å². The van der Waals surface area contributed by atoms with Crippen molar-refractivity contribution in [3.8, 4) is 0 Å². The molecule has 1 aromatic heterocycles. The van der Waals surface area contributed by atoms with Gasteiger partial charge in [0.2, 0.25) is 0 Å². The van der Waals surface area contributed by atoms with Crippen molar-refractivity contribution in [2.24, 2.45) is 0 Å². The minimum Gasteiger partial charge on any atom is -0.355 e. The van der Waals surface area contributed by atoms with Crippen LogP contribution in [0, 0.1) is 0 Å². The Bertz CT molecular complexity index is 313. The number of halogens is 1. The predicted octanol–water partition coefficient (Wildman–Crippen LogP) is 2.41. The molecule has 0 amide bonds. The summed E-state index contributed by atoms with van der Waals surface area (Å²) < 4.78 is 11.8. The fourth-order valence-corrected chi connectivity index (χ4v) is 3.11. The van der Waals surface area contributed by atoms with Crippen LogP contribution in [0.4, 0.5) is 0 Å². The molecule has 1 saturated heterocycles. The number of thiophene rings is 1. The third-order valence-electron chi connectivity index (χ3n) is 2.52. The van der Waals surface area contributed by atoms with E-state index in [0.717, 1.165) is 32.5 Å². The van der Waals surface area contributed by atoms with Gasteiger partial charge in [0.05, 0.1) is 16.5 Å². The van der Waals surface area contributed by atoms with Crippen molar-refractivity contribution >= 4 is 27.3 Å². The van der Waals surface area contributed by atoms with E-state index in [-0.39, 0.29) is 0 Å². The van der Waals surface area contributed by atoms with E-state index in [1.54, 1.807) is 11.3 Å². The molecular weight excluding hydrogens is 290 g/mol. The molecule has 0 saturated carbocycles. The highest BCUT2D eigenvalue weighted by atomic mass is 79.9. The predicted molar refractivity (Wildman–Crippen MR) is 68.9 cm³/mol. The van der Waals surface area contributed by atoms with Gasteiger partial charge in [-0.2, -0.15) is 0 Å². The zero-order valence-electron chi connectivity index (χ0n) is 9.08. The molecule has 16 heavy (non-hydrogen) atoms. The van der Waals surface area contributed by atoms with Gasteiger partial charge in [-0.1, -0.05) is 0 Å². The van der Waals surface area contributed by atoms with Gasteiger partial charge in [0.1, 0.15) is 6.79 Å². The zero-order chi connectivity index (χ0) is 11.2. The molecule has 1 aliphatic rings. The van der Waals surface area contributed by atoms with Gasteiger partial charge in [0.15, 0.2) is 0 Å². The largest absolute Gasteiger partial charge is 0.355 e. The minimum absolute atomic E-state index is 0.323. The lowest BCUT2D eigenvalue weighted by Crippen LogP contribution is -2.34. The van der Waals surface area contributed by atoms with Crippen molar-refractivity contribution in [2.75, 3.05) is 26.5 Å². The summed E-state index contributed by atoms with van der Waals surface area (Å²) in [6.45, 7) is 3.21. The maximum atomic E-state index is 5.44. The molecule has 0 radical (unpaired) electrons. The minimum atomic E-state index is 0.323.